The lowest BCUT2D eigenvalue weighted by molar-refractivity contribution is 0.0605. The van der Waals surface area contributed by atoms with Gasteiger partial charge in [0, 0.05) is 18.8 Å². The molecule has 1 unspecified atom stereocenters. The molecule has 8 nitrogen and oxygen atoms in total. The first kappa shape index (κ1) is 17.9. The summed E-state index contributed by atoms with van der Waals surface area (Å²) < 4.78 is 5.52. The summed E-state index contributed by atoms with van der Waals surface area (Å²) in [5.41, 5.74) is 6.67. The smallest absolute Gasteiger partial charge is 0.269 e. The molecular weight excluding hydrogens is 334 g/mol. The van der Waals surface area contributed by atoms with E-state index in [4.69, 9.17) is 10.5 Å². The number of nitrogens with zero attached hydrogens (tertiary/aromatic N) is 3. The predicted molar refractivity (Wildman–Crippen MR) is 94.7 cm³/mol. The number of likely N-dealkylation sites (tertiary alicyclic amines) is 1. The molecule has 0 aromatic carbocycles. The Hall–Kier alpha value is -2.90. The van der Waals surface area contributed by atoms with Crippen LogP contribution in [-0.4, -0.2) is 44.5 Å². The van der Waals surface area contributed by atoms with Gasteiger partial charge < -0.3 is 15.4 Å². The lowest BCUT2D eigenvalue weighted by Crippen LogP contribution is -2.38. The van der Waals surface area contributed by atoms with Crippen LogP contribution in [0, 0.1) is 0 Å². The number of hydrogen-bond acceptors (Lipinski definition) is 5. The number of hydrogen-bond donors (Lipinski definition) is 2. The lowest BCUT2D eigenvalue weighted by atomic mass is 9.98. The van der Waals surface area contributed by atoms with Gasteiger partial charge in [-0.2, -0.15) is 5.10 Å². The number of aromatic amines is 1. The van der Waals surface area contributed by atoms with Crippen molar-refractivity contribution in [2.75, 3.05) is 6.54 Å². The Morgan fingerprint density at radius 3 is 2.77 bits per heavy atom. The van der Waals surface area contributed by atoms with Crippen LogP contribution >= 0.6 is 0 Å². The fourth-order valence-electron chi connectivity index (χ4n) is 3.12. The Balaban J connectivity index is 1.80. The van der Waals surface area contributed by atoms with Gasteiger partial charge in [0.05, 0.1) is 23.4 Å². The number of nitrogens with two attached hydrogens (primary N) is 1. The number of aromatic nitrogens is 3. The van der Waals surface area contributed by atoms with Crippen LogP contribution in [0.4, 0.5) is 0 Å². The number of rotatable bonds is 5. The molecule has 0 saturated carbocycles. The number of primary amides is 1. The van der Waals surface area contributed by atoms with Gasteiger partial charge in [0.15, 0.2) is 0 Å². The molecule has 1 atom stereocenters. The molecule has 26 heavy (non-hydrogen) atoms. The normalized spacial score (nSPS) is 17.3. The van der Waals surface area contributed by atoms with E-state index in [1.54, 1.807) is 23.1 Å². The number of carbonyl (C=O) groups excluding carboxylic acids is 2. The van der Waals surface area contributed by atoms with Crippen LogP contribution in [-0.2, 0) is 0 Å². The highest BCUT2D eigenvalue weighted by Crippen LogP contribution is 2.31. The lowest BCUT2D eigenvalue weighted by Gasteiger charge is -2.35. The topological polar surface area (TPSA) is 114 Å². The highest BCUT2D eigenvalue weighted by Gasteiger charge is 2.30. The monoisotopic (exact) mass is 357 g/mol. The van der Waals surface area contributed by atoms with Crippen LogP contribution in [0.5, 0.6) is 5.88 Å². The summed E-state index contributed by atoms with van der Waals surface area (Å²) in [4.78, 5) is 30.3. The molecule has 8 heteroatoms. The zero-order valence-corrected chi connectivity index (χ0v) is 14.9. The fourth-order valence-corrected chi connectivity index (χ4v) is 3.12. The zero-order valence-electron chi connectivity index (χ0n) is 14.9. The molecule has 3 heterocycles. The van der Waals surface area contributed by atoms with Gasteiger partial charge in [0.1, 0.15) is 5.69 Å². The van der Waals surface area contributed by atoms with Gasteiger partial charge in [0.2, 0.25) is 5.88 Å². The Bertz CT molecular complexity index is 784. The van der Waals surface area contributed by atoms with E-state index in [2.05, 4.69) is 15.2 Å². The summed E-state index contributed by atoms with van der Waals surface area (Å²) >= 11 is 0. The number of nitrogens with one attached hydrogen (secondary N) is 1. The third-order valence-corrected chi connectivity index (χ3v) is 4.31. The third-order valence-electron chi connectivity index (χ3n) is 4.31. The van der Waals surface area contributed by atoms with Gasteiger partial charge in [-0.3, -0.25) is 14.7 Å². The van der Waals surface area contributed by atoms with Crippen LogP contribution in [0.25, 0.3) is 0 Å². The minimum absolute atomic E-state index is 0.0235. The molecule has 3 N–H and O–H groups in total. The average molecular weight is 357 g/mol. The van der Waals surface area contributed by atoms with E-state index < -0.39 is 5.91 Å². The van der Waals surface area contributed by atoms with E-state index in [-0.39, 0.29) is 23.7 Å². The number of ether oxygens (including phenoxy) is 1. The average Bonchev–Trinajstić information content (AvgIpc) is 3.11. The van der Waals surface area contributed by atoms with Gasteiger partial charge in [0.25, 0.3) is 11.8 Å². The van der Waals surface area contributed by atoms with E-state index in [0.29, 0.717) is 18.0 Å². The van der Waals surface area contributed by atoms with Crippen LogP contribution in [0.2, 0.25) is 0 Å². The molecule has 1 aliphatic heterocycles. The van der Waals surface area contributed by atoms with Gasteiger partial charge in [-0.05, 0) is 45.2 Å². The van der Waals surface area contributed by atoms with Crippen molar-refractivity contribution in [2.45, 2.75) is 45.3 Å². The van der Waals surface area contributed by atoms with Gasteiger partial charge in [-0.1, -0.05) is 0 Å². The molecule has 3 rings (SSSR count). The second-order valence-electron chi connectivity index (χ2n) is 6.63. The van der Waals surface area contributed by atoms with E-state index in [9.17, 15) is 9.59 Å². The Kier molecular flexibility index (Phi) is 5.20. The number of amides is 2. The number of pyridine rings is 1. The standard InChI is InChI=1S/C18H23N5O3/c1-11(2)26-16-7-6-12(10-20-16)18(25)23-8-4-3-5-15(23)13-9-14(17(19)24)22-21-13/h6-7,9-11,15H,3-5,8H2,1-2H3,(H2,19,24)(H,21,22). The van der Waals surface area contributed by atoms with Crippen molar-refractivity contribution >= 4 is 11.8 Å². The first-order valence-electron chi connectivity index (χ1n) is 8.74. The van der Waals surface area contributed by atoms with Crippen molar-refractivity contribution in [3.63, 3.8) is 0 Å². The Morgan fingerprint density at radius 1 is 1.35 bits per heavy atom. The molecule has 1 aliphatic rings. The second kappa shape index (κ2) is 7.55. The molecule has 0 aliphatic carbocycles. The molecule has 2 aromatic rings. The van der Waals surface area contributed by atoms with E-state index in [0.717, 1.165) is 25.0 Å². The SMILES string of the molecule is CC(C)Oc1ccc(C(=O)N2CCCCC2c2cc(C(N)=O)n[nH]2)cn1. The Morgan fingerprint density at radius 2 is 2.15 bits per heavy atom. The molecule has 1 fully saturated rings. The van der Waals surface area contributed by atoms with Crippen molar-refractivity contribution in [2.24, 2.45) is 5.73 Å². The van der Waals surface area contributed by atoms with Crippen molar-refractivity contribution in [3.8, 4) is 5.88 Å². The molecule has 2 aromatic heterocycles. The van der Waals surface area contributed by atoms with Crippen molar-refractivity contribution in [3.05, 3.63) is 41.3 Å². The Labute approximate surface area is 151 Å². The highest BCUT2D eigenvalue weighted by atomic mass is 16.5. The molecular formula is C18H23N5O3. The van der Waals surface area contributed by atoms with Crippen LogP contribution in [0.15, 0.2) is 24.4 Å². The van der Waals surface area contributed by atoms with Gasteiger partial charge >= 0.3 is 0 Å². The van der Waals surface area contributed by atoms with Crippen LogP contribution in [0.1, 0.15) is 65.7 Å². The number of carbonyl (C=O) groups is 2. The van der Waals surface area contributed by atoms with Gasteiger partial charge in [-0.25, -0.2) is 4.98 Å². The first-order chi connectivity index (χ1) is 12.5. The summed E-state index contributed by atoms with van der Waals surface area (Å²) in [6.07, 6.45) is 4.29. The van der Waals surface area contributed by atoms with Crippen LogP contribution in [0.3, 0.4) is 0 Å². The quantitative estimate of drug-likeness (QED) is 0.850. The van der Waals surface area contributed by atoms with Crippen molar-refractivity contribution in [1.29, 1.82) is 0 Å². The van der Waals surface area contributed by atoms with E-state index >= 15 is 0 Å². The predicted octanol–water partition coefficient (Wildman–Crippen LogP) is 2.06. The summed E-state index contributed by atoms with van der Waals surface area (Å²) in [5.74, 6) is -0.203. The molecule has 2 amide bonds. The summed E-state index contributed by atoms with van der Waals surface area (Å²) in [6, 6.07) is 4.88. The minimum Gasteiger partial charge on any atom is -0.475 e. The molecule has 0 spiro atoms. The van der Waals surface area contributed by atoms with Crippen molar-refractivity contribution in [1.82, 2.24) is 20.1 Å². The van der Waals surface area contributed by atoms with E-state index in [1.165, 1.54) is 6.20 Å². The molecule has 138 valence electrons. The summed E-state index contributed by atoms with van der Waals surface area (Å²) in [5, 5.41) is 6.77. The van der Waals surface area contributed by atoms with Gasteiger partial charge in [-0.15, -0.1) is 0 Å². The summed E-state index contributed by atoms with van der Waals surface area (Å²) in [6.45, 7) is 4.48. The molecule has 1 saturated heterocycles. The maximum atomic E-state index is 13.0. The minimum atomic E-state index is -0.592. The van der Waals surface area contributed by atoms with Crippen molar-refractivity contribution < 1.29 is 14.3 Å². The van der Waals surface area contributed by atoms with E-state index in [1.807, 2.05) is 13.8 Å². The first-order valence-corrected chi connectivity index (χ1v) is 8.74. The maximum absolute atomic E-state index is 13.0. The fraction of sp³-hybridized carbons (Fsp3) is 0.444. The third kappa shape index (κ3) is 3.84. The zero-order chi connectivity index (χ0) is 18.7. The summed E-state index contributed by atoms with van der Waals surface area (Å²) in [7, 11) is 0. The number of H-pyrrole nitrogens is 1. The second-order valence-corrected chi connectivity index (χ2v) is 6.63. The molecule has 0 radical (unpaired) electrons. The van der Waals surface area contributed by atoms with Crippen LogP contribution < -0.4 is 10.5 Å². The maximum Gasteiger partial charge on any atom is 0.269 e. The largest absolute Gasteiger partial charge is 0.475 e. The number of piperidine rings is 1. The molecule has 0 bridgehead atoms. The highest BCUT2D eigenvalue weighted by molar-refractivity contribution is 5.94.